The molecule has 0 radical (unpaired) electrons. The number of piperidine rings is 1. The van der Waals surface area contributed by atoms with Gasteiger partial charge in [0.15, 0.2) is 0 Å². The standard InChI is InChI=1S/C16H33N3/c1-14(2)11-18-8-5-16(6-9-18)12-19(13-16)10-7-17-15(3)4/h14-15,17H,5-13H2,1-4H3. The monoisotopic (exact) mass is 267 g/mol. The van der Waals surface area contributed by atoms with Gasteiger partial charge in [0.1, 0.15) is 0 Å². The van der Waals surface area contributed by atoms with E-state index in [4.69, 9.17) is 0 Å². The summed E-state index contributed by atoms with van der Waals surface area (Å²) in [6.07, 6.45) is 2.85. The van der Waals surface area contributed by atoms with Crippen LogP contribution in [0.5, 0.6) is 0 Å². The first kappa shape index (κ1) is 15.3. The largest absolute Gasteiger partial charge is 0.313 e. The van der Waals surface area contributed by atoms with E-state index < -0.39 is 0 Å². The van der Waals surface area contributed by atoms with Crippen molar-refractivity contribution >= 4 is 0 Å². The lowest BCUT2D eigenvalue weighted by Gasteiger charge is -2.54. The lowest BCUT2D eigenvalue weighted by atomic mass is 9.72. The van der Waals surface area contributed by atoms with Crippen molar-refractivity contribution in [3.8, 4) is 0 Å². The van der Waals surface area contributed by atoms with Crippen molar-refractivity contribution < 1.29 is 0 Å². The summed E-state index contributed by atoms with van der Waals surface area (Å²) in [5.74, 6) is 0.814. The SMILES string of the molecule is CC(C)CN1CCC2(CC1)CN(CCNC(C)C)C2. The molecule has 0 atom stereocenters. The van der Waals surface area contributed by atoms with Crippen LogP contribution >= 0.6 is 0 Å². The number of rotatable bonds is 6. The van der Waals surface area contributed by atoms with Gasteiger partial charge in [0.05, 0.1) is 0 Å². The zero-order valence-electron chi connectivity index (χ0n) is 13.4. The first-order chi connectivity index (χ1) is 8.99. The Kier molecular flexibility index (Phi) is 5.27. The molecule has 2 rings (SSSR count). The smallest absolute Gasteiger partial charge is 0.0107 e. The Morgan fingerprint density at radius 1 is 1.00 bits per heavy atom. The summed E-state index contributed by atoms with van der Waals surface area (Å²) in [4.78, 5) is 5.30. The molecule has 0 unspecified atom stereocenters. The van der Waals surface area contributed by atoms with Crippen LogP contribution in [0.4, 0.5) is 0 Å². The highest BCUT2D eigenvalue weighted by Crippen LogP contribution is 2.40. The average molecular weight is 267 g/mol. The summed E-state index contributed by atoms with van der Waals surface area (Å²) in [5, 5.41) is 3.51. The van der Waals surface area contributed by atoms with Crippen LogP contribution in [0, 0.1) is 11.3 Å². The van der Waals surface area contributed by atoms with Crippen LogP contribution in [-0.4, -0.2) is 61.7 Å². The van der Waals surface area contributed by atoms with Crippen LogP contribution in [0.25, 0.3) is 0 Å². The Morgan fingerprint density at radius 2 is 1.63 bits per heavy atom. The Labute approximate surface area is 119 Å². The fraction of sp³-hybridized carbons (Fsp3) is 1.00. The molecule has 0 amide bonds. The van der Waals surface area contributed by atoms with Gasteiger partial charge in [0.2, 0.25) is 0 Å². The minimum Gasteiger partial charge on any atom is -0.313 e. The van der Waals surface area contributed by atoms with Crippen LogP contribution in [0.15, 0.2) is 0 Å². The normalized spacial score (nSPS) is 24.3. The van der Waals surface area contributed by atoms with E-state index in [0.29, 0.717) is 11.5 Å². The summed E-state index contributed by atoms with van der Waals surface area (Å²) < 4.78 is 0. The molecule has 2 aliphatic heterocycles. The van der Waals surface area contributed by atoms with Crippen LogP contribution in [0.2, 0.25) is 0 Å². The lowest BCUT2D eigenvalue weighted by Crippen LogP contribution is -2.61. The Morgan fingerprint density at radius 3 is 2.16 bits per heavy atom. The zero-order valence-corrected chi connectivity index (χ0v) is 13.4. The molecule has 1 N–H and O–H groups in total. The molecule has 2 heterocycles. The van der Waals surface area contributed by atoms with Gasteiger partial charge in [-0.1, -0.05) is 27.7 Å². The van der Waals surface area contributed by atoms with E-state index in [1.807, 2.05) is 0 Å². The van der Waals surface area contributed by atoms with E-state index in [1.165, 1.54) is 52.1 Å². The second kappa shape index (κ2) is 6.55. The molecule has 112 valence electrons. The minimum atomic E-state index is 0.620. The predicted octanol–water partition coefficient (Wildman–Crippen LogP) is 2.04. The van der Waals surface area contributed by atoms with E-state index in [2.05, 4.69) is 42.8 Å². The highest BCUT2D eigenvalue weighted by Gasteiger charge is 2.44. The summed E-state index contributed by atoms with van der Waals surface area (Å²) in [6.45, 7) is 18.1. The summed E-state index contributed by atoms with van der Waals surface area (Å²) in [7, 11) is 0. The molecule has 0 saturated carbocycles. The summed E-state index contributed by atoms with van der Waals surface area (Å²) >= 11 is 0. The first-order valence-corrected chi connectivity index (χ1v) is 8.17. The van der Waals surface area contributed by atoms with Crippen LogP contribution < -0.4 is 5.32 Å². The van der Waals surface area contributed by atoms with Crippen molar-refractivity contribution in [2.24, 2.45) is 11.3 Å². The van der Waals surface area contributed by atoms with Gasteiger partial charge in [-0.2, -0.15) is 0 Å². The maximum atomic E-state index is 3.51. The predicted molar refractivity (Wildman–Crippen MR) is 82.5 cm³/mol. The van der Waals surface area contributed by atoms with Gasteiger partial charge in [0, 0.05) is 38.8 Å². The number of hydrogen-bond donors (Lipinski definition) is 1. The second-order valence-electron chi connectivity index (χ2n) is 7.51. The van der Waals surface area contributed by atoms with Crippen molar-refractivity contribution in [3.05, 3.63) is 0 Å². The summed E-state index contributed by atoms with van der Waals surface area (Å²) in [5.41, 5.74) is 0.686. The topological polar surface area (TPSA) is 18.5 Å². The lowest BCUT2D eigenvalue weighted by molar-refractivity contribution is -0.0469. The van der Waals surface area contributed by atoms with Crippen LogP contribution in [-0.2, 0) is 0 Å². The molecule has 1 spiro atoms. The molecular formula is C16H33N3. The van der Waals surface area contributed by atoms with E-state index in [9.17, 15) is 0 Å². The molecule has 2 fully saturated rings. The van der Waals surface area contributed by atoms with Gasteiger partial charge in [-0.3, -0.25) is 0 Å². The molecule has 0 aromatic rings. The van der Waals surface area contributed by atoms with Gasteiger partial charge in [-0.15, -0.1) is 0 Å². The molecule has 0 aromatic carbocycles. The summed E-state index contributed by atoms with van der Waals surface area (Å²) in [6, 6.07) is 0.620. The van der Waals surface area contributed by atoms with Gasteiger partial charge >= 0.3 is 0 Å². The van der Waals surface area contributed by atoms with Gasteiger partial charge in [-0.25, -0.2) is 0 Å². The third-order valence-corrected chi connectivity index (χ3v) is 4.64. The molecule has 0 aromatic heterocycles. The molecule has 19 heavy (non-hydrogen) atoms. The fourth-order valence-electron chi connectivity index (χ4n) is 3.61. The Balaban J connectivity index is 1.61. The number of likely N-dealkylation sites (tertiary alicyclic amines) is 2. The molecule has 0 aliphatic carbocycles. The van der Waals surface area contributed by atoms with E-state index in [-0.39, 0.29) is 0 Å². The fourth-order valence-corrected chi connectivity index (χ4v) is 3.61. The average Bonchev–Trinajstić information content (AvgIpc) is 2.28. The highest BCUT2D eigenvalue weighted by molar-refractivity contribution is 4.98. The maximum Gasteiger partial charge on any atom is 0.0107 e. The van der Waals surface area contributed by atoms with Crippen molar-refractivity contribution in [3.63, 3.8) is 0 Å². The second-order valence-corrected chi connectivity index (χ2v) is 7.51. The third kappa shape index (κ3) is 4.44. The molecule has 2 aliphatic rings. The Bertz CT molecular complexity index is 259. The molecule has 3 nitrogen and oxygen atoms in total. The van der Waals surface area contributed by atoms with Gasteiger partial charge < -0.3 is 15.1 Å². The number of hydrogen-bond acceptors (Lipinski definition) is 3. The molecular weight excluding hydrogens is 234 g/mol. The van der Waals surface area contributed by atoms with Crippen molar-refractivity contribution in [1.82, 2.24) is 15.1 Å². The van der Waals surface area contributed by atoms with Crippen molar-refractivity contribution in [1.29, 1.82) is 0 Å². The van der Waals surface area contributed by atoms with Crippen molar-refractivity contribution in [2.45, 2.75) is 46.6 Å². The van der Waals surface area contributed by atoms with Gasteiger partial charge in [-0.05, 0) is 37.3 Å². The quantitative estimate of drug-likeness (QED) is 0.794. The maximum absolute atomic E-state index is 3.51. The highest BCUT2D eigenvalue weighted by atomic mass is 15.2. The first-order valence-electron chi connectivity index (χ1n) is 8.17. The molecule has 2 saturated heterocycles. The number of nitrogens with zero attached hydrogens (tertiary/aromatic N) is 2. The third-order valence-electron chi connectivity index (χ3n) is 4.64. The van der Waals surface area contributed by atoms with E-state index in [1.54, 1.807) is 0 Å². The number of nitrogens with one attached hydrogen (secondary N) is 1. The molecule has 0 bridgehead atoms. The van der Waals surface area contributed by atoms with E-state index >= 15 is 0 Å². The van der Waals surface area contributed by atoms with Crippen LogP contribution in [0.1, 0.15) is 40.5 Å². The minimum absolute atomic E-state index is 0.620. The van der Waals surface area contributed by atoms with Gasteiger partial charge in [0.25, 0.3) is 0 Å². The zero-order chi connectivity index (χ0) is 13.9. The Hall–Kier alpha value is -0.120. The van der Waals surface area contributed by atoms with Crippen molar-refractivity contribution in [2.75, 3.05) is 45.8 Å². The molecule has 3 heteroatoms. The van der Waals surface area contributed by atoms with Crippen LogP contribution in [0.3, 0.4) is 0 Å². The van der Waals surface area contributed by atoms with E-state index in [0.717, 1.165) is 12.5 Å².